The molecule has 0 aromatic carbocycles. The topological polar surface area (TPSA) is 107 Å². The van der Waals surface area contributed by atoms with Crippen molar-refractivity contribution in [3.8, 4) is 0 Å². The minimum atomic E-state index is -2.02. The SMILES string of the molecule is CCOC(=O)CC(CC(=O)O)(C(C)=O)C(=O)OCC. The largest absolute Gasteiger partial charge is 0.481 e. The number of aliphatic carboxylic acids is 1. The van der Waals surface area contributed by atoms with E-state index in [1.165, 1.54) is 6.92 Å². The van der Waals surface area contributed by atoms with E-state index >= 15 is 0 Å². The van der Waals surface area contributed by atoms with Crippen LogP contribution >= 0.6 is 0 Å². The van der Waals surface area contributed by atoms with Crippen LogP contribution in [0.2, 0.25) is 0 Å². The molecule has 0 amide bonds. The average Bonchev–Trinajstić information content (AvgIpc) is 2.27. The molecule has 0 aromatic rings. The molecule has 108 valence electrons. The van der Waals surface area contributed by atoms with Crippen LogP contribution in [0.3, 0.4) is 0 Å². The fourth-order valence-electron chi connectivity index (χ4n) is 1.59. The minimum Gasteiger partial charge on any atom is -0.481 e. The van der Waals surface area contributed by atoms with Gasteiger partial charge in [-0.2, -0.15) is 0 Å². The summed E-state index contributed by atoms with van der Waals surface area (Å²) >= 11 is 0. The Kier molecular flexibility index (Phi) is 6.74. The van der Waals surface area contributed by atoms with E-state index in [9.17, 15) is 19.2 Å². The van der Waals surface area contributed by atoms with Crippen molar-refractivity contribution in [1.29, 1.82) is 0 Å². The summed E-state index contributed by atoms with van der Waals surface area (Å²) in [6.07, 6.45) is -1.44. The molecule has 0 saturated carbocycles. The van der Waals surface area contributed by atoms with Gasteiger partial charge in [-0.25, -0.2) is 0 Å². The van der Waals surface area contributed by atoms with Gasteiger partial charge in [0, 0.05) is 0 Å². The Morgan fingerprint density at radius 1 is 1.00 bits per heavy atom. The van der Waals surface area contributed by atoms with Crippen molar-refractivity contribution < 1.29 is 33.8 Å². The molecule has 1 N–H and O–H groups in total. The summed E-state index contributed by atoms with van der Waals surface area (Å²) in [6.45, 7) is 4.20. The predicted octanol–water partition coefficient (Wildman–Crippen LogP) is 0.553. The highest BCUT2D eigenvalue weighted by Crippen LogP contribution is 2.30. The number of hydrogen-bond donors (Lipinski definition) is 1. The molecule has 1 unspecified atom stereocenters. The highest BCUT2D eigenvalue weighted by atomic mass is 16.5. The van der Waals surface area contributed by atoms with E-state index in [0.29, 0.717) is 0 Å². The van der Waals surface area contributed by atoms with E-state index in [1.54, 1.807) is 6.92 Å². The van der Waals surface area contributed by atoms with Gasteiger partial charge in [0.1, 0.15) is 11.2 Å². The molecular formula is C12H18O7. The van der Waals surface area contributed by atoms with Crippen molar-refractivity contribution >= 4 is 23.7 Å². The van der Waals surface area contributed by atoms with Crippen LogP contribution < -0.4 is 0 Å². The molecule has 0 fully saturated rings. The van der Waals surface area contributed by atoms with Crippen molar-refractivity contribution in [3.63, 3.8) is 0 Å². The van der Waals surface area contributed by atoms with E-state index in [2.05, 4.69) is 4.74 Å². The second kappa shape index (κ2) is 7.50. The van der Waals surface area contributed by atoms with Crippen molar-refractivity contribution in [2.24, 2.45) is 5.41 Å². The number of rotatable bonds is 8. The summed E-state index contributed by atoms with van der Waals surface area (Å²) in [4.78, 5) is 45.9. The Morgan fingerprint density at radius 2 is 1.53 bits per heavy atom. The third kappa shape index (κ3) is 4.69. The molecule has 0 aliphatic carbocycles. The van der Waals surface area contributed by atoms with Crippen LogP contribution in [0, 0.1) is 5.41 Å². The third-order valence-electron chi connectivity index (χ3n) is 2.54. The lowest BCUT2D eigenvalue weighted by Crippen LogP contribution is -2.43. The van der Waals surface area contributed by atoms with Gasteiger partial charge in [0.25, 0.3) is 0 Å². The van der Waals surface area contributed by atoms with E-state index in [1.807, 2.05) is 0 Å². The Morgan fingerprint density at radius 3 is 1.89 bits per heavy atom. The number of carbonyl (C=O) groups is 4. The number of carboxylic acids is 1. The van der Waals surface area contributed by atoms with Crippen LogP contribution in [-0.2, 0) is 28.7 Å². The molecule has 0 spiro atoms. The van der Waals surface area contributed by atoms with Crippen LogP contribution in [-0.4, -0.2) is 42.0 Å². The van der Waals surface area contributed by atoms with Crippen LogP contribution in [0.15, 0.2) is 0 Å². The average molecular weight is 274 g/mol. The fourth-order valence-corrected chi connectivity index (χ4v) is 1.59. The molecule has 0 heterocycles. The molecule has 0 rings (SSSR count). The molecular weight excluding hydrogens is 256 g/mol. The normalized spacial score (nSPS) is 13.2. The van der Waals surface area contributed by atoms with Gasteiger partial charge in [-0.1, -0.05) is 0 Å². The van der Waals surface area contributed by atoms with Crippen molar-refractivity contribution in [2.45, 2.75) is 33.6 Å². The van der Waals surface area contributed by atoms with E-state index in [0.717, 1.165) is 6.92 Å². The first-order valence-electron chi connectivity index (χ1n) is 5.85. The first-order chi connectivity index (χ1) is 8.80. The van der Waals surface area contributed by atoms with Gasteiger partial charge in [-0.15, -0.1) is 0 Å². The second-order valence-electron chi connectivity index (χ2n) is 3.91. The Balaban J connectivity index is 5.37. The minimum absolute atomic E-state index is 0.0176. The fraction of sp³-hybridized carbons (Fsp3) is 0.667. The lowest BCUT2D eigenvalue weighted by molar-refractivity contribution is -0.169. The summed E-state index contributed by atoms with van der Waals surface area (Å²) < 4.78 is 9.38. The zero-order valence-electron chi connectivity index (χ0n) is 11.2. The second-order valence-corrected chi connectivity index (χ2v) is 3.91. The third-order valence-corrected chi connectivity index (χ3v) is 2.54. The zero-order chi connectivity index (χ0) is 15.1. The van der Waals surface area contributed by atoms with Gasteiger partial charge < -0.3 is 14.6 Å². The molecule has 0 saturated heterocycles. The Bertz CT molecular complexity index is 374. The lowest BCUT2D eigenvalue weighted by atomic mass is 9.77. The van der Waals surface area contributed by atoms with Crippen LogP contribution in [0.4, 0.5) is 0 Å². The zero-order valence-corrected chi connectivity index (χ0v) is 11.2. The van der Waals surface area contributed by atoms with Crippen LogP contribution in [0.1, 0.15) is 33.6 Å². The molecule has 0 aliphatic rings. The first-order valence-corrected chi connectivity index (χ1v) is 5.85. The maximum Gasteiger partial charge on any atom is 0.320 e. The maximum absolute atomic E-state index is 11.9. The quantitative estimate of drug-likeness (QED) is 0.508. The molecule has 0 radical (unpaired) electrons. The van der Waals surface area contributed by atoms with Gasteiger partial charge in [-0.3, -0.25) is 19.2 Å². The van der Waals surface area contributed by atoms with E-state index < -0.39 is 41.9 Å². The highest BCUT2D eigenvalue weighted by Gasteiger charge is 2.48. The number of ether oxygens (including phenoxy) is 2. The van der Waals surface area contributed by atoms with Gasteiger partial charge in [-0.05, 0) is 20.8 Å². The summed E-state index contributed by atoms with van der Waals surface area (Å²) in [5.41, 5.74) is -2.02. The molecule has 7 nitrogen and oxygen atoms in total. The molecule has 7 heteroatoms. The van der Waals surface area contributed by atoms with Gasteiger partial charge in [0.05, 0.1) is 26.1 Å². The summed E-state index contributed by atoms with van der Waals surface area (Å²) in [5.74, 6) is -3.93. The molecule has 19 heavy (non-hydrogen) atoms. The van der Waals surface area contributed by atoms with Crippen molar-refractivity contribution in [3.05, 3.63) is 0 Å². The van der Waals surface area contributed by atoms with E-state index in [-0.39, 0.29) is 13.2 Å². The molecule has 0 aliphatic heterocycles. The number of Topliss-reactive ketones (excluding diaryl/α,β-unsaturated/α-hetero) is 1. The lowest BCUT2D eigenvalue weighted by Gasteiger charge is -2.26. The Labute approximate surface area is 110 Å². The number of esters is 2. The predicted molar refractivity (Wildman–Crippen MR) is 63.2 cm³/mol. The summed E-state index contributed by atoms with van der Waals surface area (Å²) in [5, 5.41) is 8.85. The monoisotopic (exact) mass is 274 g/mol. The number of carboxylic acid groups (broad SMARTS) is 1. The summed E-state index contributed by atoms with van der Waals surface area (Å²) in [7, 11) is 0. The van der Waals surface area contributed by atoms with Crippen LogP contribution in [0.5, 0.6) is 0 Å². The van der Waals surface area contributed by atoms with Crippen molar-refractivity contribution in [1.82, 2.24) is 0 Å². The number of hydrogen-bond acceptors (Lipinski definition) is 6. The van der Waals surface area contributed by atoms with Gasteiger partial charge in [0.15, 0.2) is 0 Å². The standard InChI is InChI=1S/C12H18O7/c1-4-18-10(16)7-12(8(3)13,6-9(14)15)11(17)19-5-2/h4-7H2,1-3H3,(H,14,15). The number of ketones is 1. The van der Waals surface area contributed by atoms with Gasteiger partial charge in [0.2, 0.25) is 0 Å². The molecule has 1 atom stereocenters. The Hall–Kier alpha value is -1.92. The number of carbonyl (C=O) groups excluding carboxylic acids is 3. The van der Waals surface area contributed by atoms with Gasteiger partial charge >= 0.3 is 17.9 Å². The van der Waals surface area contributed by atoms with E-state index in [4.69, 9.17) is 9.84 Å². The maximum atomic E-state index is 11.9. The molecule has 0 bridgehead atoms. The van der Waals surface area contributed by atoms with Crippen molar-refractivity contribution in [2.75, 3.05) is 13.2 Å². The smallest absolute Gasteiger partial charge is 0.320 e. The van der Waals surface area contributed by atoms with Crippen LogP contribution in [0.25, 0.3) is 0 Å². The highest BCUT2D eigenvalue weighted by molar-refractivity contribution is 6.07. The molecule has 0 aromatic heterocycles. The first kappa shape index (κ1) is 17.1. The summed E-state index contributed by atoms with van der Waals surface area (Å²) in [6, 6.07) is 0.